The molecule has 0 bridgehead atoms. The lowest BCUT2D eigenvalue weighted by Gasteiger charge is -2.35. The maximum Gasteiger partial charge on any atom is 0.213 e. The third-order valence-electron chi connectivity index (χ3n) is 5.29. The summed E-state index contributed by atoms with van der Waals surface area (Å²) in [7, 11) is 1.84. The molecule has 0 amide bonds. The molecule has 3 heterocycles. The van der Waals surface area contributed by atoms with E-state index < -0.39 is 0 Å². The van der Waals surface area contributed by atoms with Gasteiger partial charge in [-0.05, 0) is 50.7 Å². The highest BCUT2D eigenvalue weighted by atomic mass is 127. The third-order valence-corrected chi connectivity index (χ3v) is 5.29. The molecule has 1 aromatic rings. The summed E-state index contributed by atoms with van der Waals surface area (Å²) in [5.41, 5.74) is 1.13. The quantitative estimate of drug-likeness (QED) is 0.340. The molecule has 8 heteroatoms. The van der Waals surface area contributed by atoms with E-state index >= 15 is 0 Å². The van der Waals surface area contributed by atoms with E-state index in [0.29, 0.717) is 31.2 Å². The standard InChI is InChI=1S/C21H34N4O3.HI/c1-3-26-20-14-17(7-10-23-20)15-24-21(22-2)25-11-8-18(9-12-25)28-16-19-6-4-5-13-27-19;/h7,10,14,18-19H,3-6,8-9,11-13,15-16H2,1-2H3,(H,22,24);1H. The van der Waals surface area contributed by atoms with Crippen LogP contribution in [0.4, 0.5) is 0 Å². The number of guanidine groups is 1. The van der Waals surface area contributed by atoms with Crippen molar-refractivity contribution in [2.45, 2.75) is 57.8 Å². The number of aliphatic imine (C=N–C) groups is 1. The van der Waals surface area contributed by atoms with E-state index in [0.717, 1.165) is 57.1 Å². The van der Waals surface area contributed by atoms with Crippen molar-refractivity contribution in [1.29, 1.82) is 0 Å². The van der Waals surface area contributed by atoms with Gasteiger partial charge in [0.1, 0.15) is 0 Å². The van der Waals surface area contributed by atoms with Gasteiger partial charge in [-0.3, -0.25) is 4.99 Å². The van der Waals surface area contributed by atoms with E-state index in [1.54, 1.807) is 6.20 Å². The summed E-state index contributed by atoms with van der Waals surface area (Å²) in [4.78, 5) is 11.0. The third kappa shape index (κ3) is 7.90. The molecule has 7 nitrogen and oxygen atoms in total. The first-order valence-electron chi connectivity index (χ1n) is 10.5. The lowest BCUT2D eigenvalue weighted by Crippen LogP contribution is -2.47. The predicted octanol–water partition coefficient (Wildman–Crippen LogP) is 3.22. The zero-order valence-corrected chi connectivity index (χ0v) is 20.0. The van der Waals surface area contributed by atoms with Crippen LogP contribution in [0.25, 0.3) is 0 Å². The number of rotatable bonds is 7. The first-order valence-corrected chi connectivity index (χ1v) is 10.5. The van der Waals surface area contributed by atoms with Gasteiger partial charge in [-0.15, -0.1) is 24.0 Å². The van der Waals surface area contributed by atoms with Crippen LogP contribution in [0.15, 0.2) is 23.3 Å². The smallest absolute Gasteiger partial charge is 0.213 e. The minimum Gasteiger partial charge on any atom is -0.478 e. The SMILES string of the molecule is CCOc1cc(CNC(=NC)N2CCC(OCC3CCCCO3)CC2)ccn1.I. The summed E-state index contributed by atoms with van der Waals surface area (Å²) in [5, 5.41) is 3.46. The molecule has 0 saturated carbocycles. The highest BCUT2D eigenvalue weighted by Crippen LogP contribution is 2.18. The van der Waals surface area contributed by atoms with Crippen molar-refractivity contribution in [3.63, 3.8) is 0 Å². The molecule has 164 valence electrons. The molecule has 1 atom stereocenters. The molecule has 29 heavy (non-hydrogen) atoms. The van der Waals surface area contributed by atoms with Crippen molar-refractivity contribution in [2.75, 3.05) is 40.0 Å². The number of aromatic nitrogens is 1. The maximum atomic E-state index is 6.12. The van der Waals surface area contributed by atoms with Crippen molar-refractivity contribution < 1.29 is 14.2 Å². The molecule has 2 saturated heterocycles. The molecule has 1 N–H and O–H groups in total. The molecular weight excluding hydrogens is 483 g/mol. The van der Waals surface area contributed by atoms with Crippen LogP contribution >= 0.6 is 24.0 Å². The van der Waals surface area contributed by atoms with Crippen LogP contribution in [-0.2, 0) is 16.0 Å². The van der Waals surface area contributed by atoms with Gasteiger partial charge in [0, 0.05) is 45.6 Å². The lowest BCUT2D eigenvalue weighted by molar-refractivity contribution is -0.0721. The average Bonchev–Trinajstić information content (AvgIpc) is 2.75. The minimum atomic E-state index is 0. The van der Waals surface area contributed by atoms with Crippen molar-refractivity contribution in [3.8, 4) is 5.88 Å². The number of nitrogens with one attached hydrogen (secondary N) is 1. The van der Waals surface area contributed by atoms with Crippen molar-refractivity contribution in [3.05, 3.63) is 23.9 Å². The van der Waals surface area contributed by atoms with E-state index in [1.807, 2.05) is 26.1 Å². The summed E-state index contributed by atoms with van der Waals surface area (Å²) in [6.07, 6.45) is 8.04. The van der Waals surface area contributed by atoms with Gasteiger partial charge in [0.05, 0.1) is 25.4 Å². The maximum absolute atomic E-state index is 6.12. The van der Waals surface area contributed by atoms with Crippen molar-refractivity contribution in [2.24, 2.45) is 4.99 Å². The van der Waals surface area contributed by atoms with Gasteiger partial charge >= 0.3 is 0 Å². The number of pyridine rings is 1. The van der Waals surface area contributed by atoms with E-state index in [1.165, 1.54) is 12.8 Å². The van der Waals surface area contributed by atoms with Crippen LogP contribution in [0.5, 0.6) is 5.88 Å². The molecule has 1 unspecified atom stereocenters. The van der Waals surface area contributed by atoms with Gasteiger partial charge in [0.2, 0.25) is 5.88 Å². The molecule has 2 fully saturated rings. The summed E-state index contributed by atoms with van der Waals surface area (Å²) in [6, 6.07) is 3.97. The predicted molar refractivity (Wildman–Crippen MR) is 125 cm³/mol. The monoisotopic (exact) mass is 518 g/mol. The largest absolute Gasteiger partial charge is 0.478 e. The van der Waals surface area contributed by atoms with Crippen LogP contribution in [0, 0.1) is 0 Å². The normalized spacial score (nSPS) is 20.8. The fourth-order valence-corrected chi connectivity index (χ4v) is 3.72. The molecule has 0 aromatic carbocycles. The highest BCUT2D eigenvalue weighted by Gasteiger charge is 2.23. The minimum absolute atomic E-state index is 0. The second-order valence-corrected chi connectivity index (χ2v) is 7.34. The summed E-state index contributed by atoms with van der Waals surface area (Å²) in [6.45, 7) is 6.82. The molecule has 0 radical (unpaired) electrons. The Balaban J connectivity index is 0.00000300. The number of hydrogen-bond acceptors (Lipinski definition) is 5. The van der Waals surface area contributed by atoms with Gasteiger partial charge in [-0.1, -0.05) is 0 Å². The fourth-order valence-electron chi connectivity index (χ4n) is 3.72. The highest BCUT2D eigenvalue weighted by molar-refractivity contribution is 14.0. The Bertz CT molecular complexity index is 618. The van der Waals surface area contributed by atoms with Crippen LogP contribution in [0.2, 0.25) is 0 Å². The number of nitrogens with zero attached hydrogens (tertiary/aromatic N) is 3. The van der Waals surface area contributed by atoms with Crippen molar-refractivity contribution >= 4 is 29.9 Å². The summed E-state index contributed by atoms with van der Waals surface area (Å²) >= 11 is 0. The average molecular weight is 518 g/mol. The molecule has 0 aliphatic carbocycles. The summed E-state index contributed by atoms with van der Waals surface area (Å²) in [5.74, 6) is 1.60. The number of likely N-dealkylation sites (tertiary alicyclic amines) is 1. The van der Waals surface area contributed by atoms with Crippen LogP contribution in [0.1, 0.15) is 44.6 Å². The number of ether oxygens (including phenoxy) is 3. The van der Waals surface area contributed by atoms with Gasteiger partial charge < -0.3 is 24.4 Å². The molecule has 2 aliphatic heterocycles. The zero-order chi connectivity index (χ0) is 19.6. The molecule has 0 spiro atoms. The number of halogens is 1. The molecular formula is C21H35IN4O3. The van der Waals surface area contributed by atoms with Crippen LogP contribution < -0.4 is 10.1 Å². The Hall–Kier alpha value is -1.13. The molecule has 3 rings (SSSR count). The Morgan fingerprint density at radius 1 is 1.31 bits per heavy atom. The van der Waals surface area contributed by atoms with Crippen LogP contribution in [-0.4, -0.2) is 68.0 Å². The number of hydrogen-bond donors (Lipinski definition) is 1. The van der Waals surface area contributed by atoms with Crippen LogP contribution in [0.3, 0.4) is 0 Å². The fraction of sp³-hybridized carbons (Fsp3) is 0.714. The van der Waals surface area contributed by atoms with E-state index in [4.69, 9.17) is 14.2 Å². The van der Waals surface area contributed by atoms with Gasteiger partial charge in [0.25, 0.3) is 0 Å². The topological polar surface area (TPSA) is 68.2 Å². The Morgan fingerprint density at radius 2 is 2.14 bits per heavy atom. The van der Waals surface area contributed by atoms with Gasteiger partial charge in [0.15, 0.2) is 5.96 Å². The molecule has 2 aliphatic rings. The lowest BCUT2D eigenvalue weighted by atomic mass is 10.1. The summed E-state index contributed by atoms with van der Waals surface area (Å²) < 4.78 is 17.4. The van der Waals surface area contributed by atoms with E-state index in [2.05, 4.69) is 20.2 Å². The Kier molecular flexibility index (Phi) is 11.0. The number of piperidine rings is 1. The zero-order valence-electron chi connectivity index (χ0n) is 17.6. The van der Waals surface area contributed by atoms with Gasteiger partial charge in [-0.25, -0.2) is 4.98 Å². The first kappa shape index (κ1) is 24.1. The Labute approximate surface area is 191 Å². The van der Waals surface area contributed by atoms with E-state index in [9.17, 15) is 0 Å². The first-order chi connectivity index (χ1) is 13.8. The van der Waals surface area contributed by atoms with E-state index in [-0.39, 0.29) is 24.0 Å². The second kappa shape index (κ2) is 13.2. The van der Waals surface area contributed by atoms with Crippen molar-refractivity contribution in [1.82, 2.24) is 15.2 Å². The molecule has 1 aromatic heterocycles. The van der Waals surface area contributed by atoms with Gasteiger partial charge in [-0.2, -0.15) is 0 Å². The second-order valence-electron chi connectivity index (χ2n) is 7.34. The Morgan fingerprint density at radius 3 is 2.83 bits per heavy atom.